The van der Waals surface area contributed by atoms with E-state index in [1.165, 1.54) is 11.3 Å². The lowest BCUT2D eigenvalue weighted by Crippen LogP contribution is -2.36. The highest BCUT2D eigenvalue weighted by molar-refractivity contribution is 9.10. The smallest absolute Gasteiger partial charge is 0.106 e. The van der Waals surface area contributed by atoms with Crippen LogP contribution in [-0.4, -0.2) is 36.2 Å². The van der Waals surface area contributed by atoms with Crippen molar-refractivity contribution in [2.24, 2.45) is 5.41 Å². The molecule has 3 nitrogen and oxygen atoms in total. The maximum atomic E-state index is 5.40. The third-order valence-corrected chi connectivity index (χ3v) is 3.67. The molecular formula is C15H23BrN2O. The maximum Gasteiger partial charge on any atom is 0.106 e. The van der Waals surface area contributed by atoms with E-state index >= 15 is 0 Å². The fourth-order valence-electron chi connectivity index (χ4n) is 2.30. The van der Waals surface area contributed by atoms with Gasteiger partial charge in [-0.15, -0.1) is 0 Å². The molecule has 0 aliphatic carbocycles. The number of morpholine rings is 1. The molecule has 1 fully saturated rings. The topological polar surface area (TPSA) is 25.4 Å². The Balaban J connectivity index is 2.13. The van der Waals surface area contributed by atoms with Gasteiger partial charge in [0.1, 0.15) is 4.60 Å². The minimum absolute atomic E-state index is 0.257. The Morgan fingerprint density at radius 1 is 1.26 bits per heavy atom. The van der Waals surface area contributed by atoms with Crippen molar-refractivity contribution in [3.8, 4) is 0 Å². The van der Waals surface area contributed by atoms with E-state index in [-0.39, 0.29) is 5.41 Å². The molecule has 0 spiro atoms. The van der Waals surface area contributed by atoms with E-state index in [4.69, 9.17) is 4.74 Å². The molecule has 1 aliphatic rings. The van der Waals surface area contributed by atoms with Gasteiger partial charge < -0.3 is 4.74 Å². The first kappa shape index (κ1) is 14.9. The lowest BCUT2D eigenvalue weighted by atomic mass is 9.89. The van der Waals surface area contributed by atoms with Crippen molar-refractivity contribution < 1.29 is 4.74 Å². The van der Waals surface area contributed by atoms with Gasteiger partial charge in [0.15, 0.2) is 0 Å². The minimum Gasteiger partial charge on any atom is -0.379 e. The molecule has 1 aromatic heterocycles. The summed E-state index contributed by atoms with van der Waals surface area (Å²) < 4.78 is 6.33. The molecule has 19 heavy (non-hydrogen) atoms. The molecule has 0 atom stereocenters. The lowest BCUT2D eigenvalue weighted by molar-refractivity contribution is 0.0339. The highest BCUT2D eigenvalue weighted by Crippen LogP contribution is 2.24. The van der Waals surface area contributed by atoms with Crippen LogP contribution in [0.4, 0.5) is 0 Å². The zero-order valence-corrected chi connectivity index (χ0v) is 13.7. The van der Waals surface area contributed by atoms with E-state index in [0.29, 0.717) is 0 Å². The van der Waals surface area contributed by atoms with E-state index in [1.807, 2.05) is 6.07 Å². The van der Waals surface area contributed by atoms with Gasteiger partial charge in [-0.2, -0.15) is 0 Å². The fourth-order valence-corrected chi connectivity index (χ4v) is 2.65. The number of hydrogen-bond donors (Lipinski definition) is 0. The second kappa shape index (κ2) is 6.33. The van der Waals surface area contributed by atoms with Crippen LogP contribution in [0.5, 0.6) is 0 Å². The Morgan fingerprint density at radius 3 is 2.58 bits per heavy atom. The van der Waals surface area contributed by atoms with Crippen molar-refractivity contribution in [1.29, 1.82) is 0 Å². The van der Waals surface area contributed by atoms with Gasteiger partial charge in [0, 0.05) is 25.3 Å². The summed E-state index contributed by atoms with van der Waals surface area (Å²) in [6, 6.07) is 4.25. The third kappa shape index (κ3) is 4.86. The van der Waals surface area contributed by atoms with E-state index in [9.17, 15) is 0 Å². The molecule has 0 bridgehead atoms. The molecule has 0 aromatic carbocycles. The normalized spacial score (nSPS) is 17.7. The largest absolute Gasteiger partial charge is 0.379 e. The number of hydrogen-bond acceptors (Lipinski definition) is 3. The summed E-state index contributed by atoms with van der Waals surface area (Å²) >= 11 is 3.48. The molecule has 0 saturated carbocycles. The monoisotopic (exact) mass is 326 g/mol. The quantitative estimate of drug-likeness (QED) is 0.797. The molecule has 1 aliphatic heterocycles. The number of ether oxygens (including phenoxy) is 1. The molecule has 0 radical (unpaired) electrons. The van der Waals surface area contributed by atoms with Crippen LogP contribution >= 0.6 is 15.9 Å². The van der Waals surface area contributed by atoms with Gasteiger partial charge in [0.05, 0.1) is 13.2 Å². The first-order chi connectivity index (χ1) is 8.94. The number of halogens is 1. The summed E-state index contributed by atoms with van der Waals surface area (Å²) in [6.45, 7) is 11.5. The predicted octanol–water partition coefficient (Wildman–Crippen LogP) is 3.26. The van der Waals surface area contributed by atoms with E-state index < -0.39 is 0 Å². The Kier molecular flexibility index (Phi) is 4.98. The second-order valence-electron chi connectivity index (χ2n) is 6.37. The number of aromatic nitrogens is 1. The van der Waals surface area contributed by atoms with Crippen LogP contribution < -0.4 is 0 Å². The van der Waals surface area contributed by atoms with Crippen molar-refractivity contribution in [2.45, 2.75) is 33.7 Å². The van der Waals surface area contributed by atoms with Crippen molar-refractivity contribution in [3.05, 3.63) is 28.0 Å². The van der Waals surface area contributed by atoms with Crippen molar-refractivity contribution in [1.82, 2.24) is 9.88 Å². The Morgan fingerprint density at radius 2 is 1.95 bits per heavy atom. The number of rotatable bonds is 3. The van der Waals surface area contributed by atoms with Gasteiger partial charge in [0.25, 0.3) is 0 Å². The first-order valence-corrected chi connectivity index (χ1v) is 7.68. The van der Waals surface area contributed by atoms with Crippen molar-refractivity contribution in [2.75, 3.05) is 26.3 Å². The zero-order chi connectivity index (χ0) is 13.9. The standard InChI is InChI=1S/C15H23BrN2O/c1-15(2,3)10-13-12(4-5-14(16)17-13)11-18-6-8-19-9-7-18/h4-5H,6-11H2,1-3H3. The van der Waals surface area contributed by atoms with E-state index in [2.05, 4.69) is 52.7 Å². The molecule has 0 N–H and O–H groups in total. The molecular weight excluding hydrogens is 304 g/mol. The van der Waals surface area contributed by atoms with Crippen LogP contribution in [0, 0.1) is 5.41 Å². The first-order valence-electron chi connectivity index (χ1n) is 6.88. The van der Waals surface area contributed by atoms with Crippen LogP contribution in [0.15, 0.2) is 16.7 Å². The van der Waals surface area contributed by atoms with Crippen LogP contribution in [0.3, 0.4) is 0 Å². The summed E-state index contributed by atoms with van der Waals surface area (Å²) in [5.41, 5.74) is 2.82. The SMILES string of the molecule is CC(C)(C)Cc1nc(Br)ccc1CN1CCOCC1. The maximum absolute atomic E-state index is 5.40. The molecule has 0 amide bonds. The summed E-state index contributed by atoms with van der Waals surface area (Å²) in [5, 5.41) is 0. The summed E-state index contributed by atoms with van der Waals surface area (Å²) in [7, 11) is 0. The van der Waals surface area contributed by atoms with Crippen LogP contribution in [0.2, 0.25) is 0 Å². The minimum atomic E-state index is 0.257. The average molecular weight is 327 g/mol. The average Bonchev–Trinajstić information content (AvgIpc) is 2.32. The molecule has 106 valence electrons. The van der Waals surface area contributed by atoms with Gasteiger partial charge in [-0.1, -0.05) is 26.8 Å². The molecule has 0 unspecified atom stereocenters. The molecule has 2 rings (SSSR count). The van der Waals surface area contributed by atoms with Gasteiger partial charge in [-0.3, -0.25) is 4.90 Å². The second-order valence-corrected chi connectivity index (χ2v) is 7.18. The van der Waals surface area contributed by atoms with E-state index in [0.717, 1.165) is 43.9 Å². The molecule has 1 aromatic rings. The third-order valence-electron chi connectivity index (χ3n) is 3.23. The van der Waals surface area contributed by atoms with E-state index in [1.54, 1.807) is 0 Å². The summed E-state index contributed by atoms with van der Waals surface area (Å²) in [6.07, 6.45) is 1.01. The Bertz CT molecular complexity index is 423. The number of pyridine rings is 1. The summed E-state index contributed by atoms with van der Waals surface area (Å²) in [4.78, 5) is 7.13. The summed E-state index contributed by atoms with van der Waals surface area (Å²) in [5.74, 6) is 0. The lowest BCUT2D eigenvalue weighted by Gasteiger charge is -2.28. The predicted molar refractivity (Wildman–Crippen MR) is 81.2 cm³/mol. The van der Waals surface area contributed by atoms with Gasteiger partial charge >= 0.3 is 0 Å². The van der Waals surface area contributed by atoms with Crippen LogP contribution in [0.25, 0.3) is 0 Å². The Hall–Kier alpha value is -0.450. The molecule has 1 saturated heterocycles. The Labute approximate surface area is 124 Å². The van der Waals surface area contributed by atoms with Gasteiger partial charge in [-0.05, 0) is 39.4 Å². The number of nitrogens with zero attached hydrogens (tertiary/aromatic N) is 2. The molecule has 2 heterocycles. The molecule has 4 heteroatoms. The fraction of sp³-hybridized carbons (Fsp3) is 0.667. The van der Waals surface area contributed by atoms with Crippen LogP contribution in [-0.2, 0) is 17.7 Å². The van der Waals surface area contributed by atoms with Gasteiger partial charge in [0.2, 0.25) is 0 Å². The van der Waals surface area contributed by atoms with Gasteiger partial charge in [-0.25, -0.2) is 4.98 Å². The zero-order valence-electron chi connectivity index (χ0n) is 12.1. The van der Waals surface area contributed by atoms with Crippen molar-refractivity contribution >= 4 is 15.9 Å². The van der Waals surface area contributed by atoms with Crippen molar-refractivity contribution in [3.63, 3.8) is 0 Å². The highest BCUT2D eigenvalue weighted by atomic mass is 79.9. The van der Waals surface area contributed by atoms with Crippen LogP contribution in [0.1, 0.15) is 32.0 Å². The highest BCUT2D eigenvalue weighted by Gasteiger charge is 2.18.